The van der Waals surface area contributed by atoms with Crippen LogP contribution in [-0.2, 0) is 10.8 Å². The molecule has 0 bridgehead atoms. The van der Waals surface area contributed by atoms with Crippen LogP contribution in [0.1, 0.15) is 49.9 Å². The van der Waals surface area contributed by atoms with Crippen LogP contribution >= 0.6 is 55.1 Å². The Kier molecular flexibility index (Phi) is 5.02. The summed E-state index contributed by atoms with van der Waals surface area (Å²) >= 11 is 21.1. The molecule has 2 aliphatic rings. The number of benzene rings is 4. The Morgan fingerprint density at radius 2 is 0.882 bits per heavy atom. The third-order valence-corrected chi connectivity index (χ3v) is 9.31. The molecule has 6 rings (SSSR count). The third kappa shape index (κ3) is 2.95. The van der Waals surface area contributed by atoms with Gasteiger partial charge in [-0.1, -0.05) is 107 Å². The van der Waals surface area contributed by atoms with E-state index in [0.717, 1.165) is 30.1 Å². The van der Waals surface area contributed by atoms with Gasteiger partial charge in [-0.15, -0.1) is 0 Å². The summed E-state index contributed by atoms with van der Waals surface area (Å²) in [5.41, 5.74) is 11.9. The molecule has 0 N–H and O–H groups in total. The van der Waals surface area contributed by atoms with Crippen molar-refractivity contribution in [3.05, 3.63) is 102 Å². The zero-order valence-corrected chi connectivity index (χ0v) is 24.0. The van der Waals surface area contributed by atoms with Gasteiger partial charge in [-0.25, -0.2) is 0 Å². The molecular formula is C30H22Br2Cl2. The van der Waals surface area contributed by atoms with Crippen molar-refractivity contribution in [2.75, 3.05) is 0 Å². The molecule has 0 amide bonds. The highest BCUT2D eigenvalue weighted by atomic mass is 79.9. The summed E-state index contributed by atoms with van der Waals surface area (Å²) < 4.78 is 2.17. The second-order valence-corrected chi connectivity index (χ2v) is 13.0. The van der Waals surface area contributed by atoms with Crippen molar-refractivity contribution in [1.29, 1.82) is 0 Å². The van der Waals surface area contributed by atoms with Crippen LogP contribution in [0, 0.1) is 0 Å². The van der Waals surface area contributed by atoms with Gasteiger partial charge in [0.25, 0.3) is 0 Å². The van der Waals surface area contributed by atoms with E-state index in [2.05, 4.69) is 120 Å². The lowest BCUT2D eigenvalue weighted by Crippen LogP contribution is -2.19. The van der Waals surface area contributed by atoms with Gasteiger partial charge in [0.2, 0.25) is 0 Å². The number of hydrogen-bond donors (Lipinski definition) is 0. The minimum atomic E-state index is -0.195. The van der Waals surface area contributed by atoms with Crippen molar-refractivity contribution in [2.45, 2.75) is 38.5 Å². The van der Waals surface area contributed by atoms with Crippen LogP contribution in [-0.4, -0.2) is 0 Å². The van der Waals surface area contributed by atoms with E-state index in [9.17, 15) is 0 Å². The van der Waals surface area contributed by atoms with E-state index in [0.29, 0.717) is 0 Å². The van der Waals surface area contributed by atoms with Gasteiger partial charge in [-0.05, 0) is 80.9 Å². The molecule has 0 aliphatic heterocycles. The first-order valence-electron chi connectivity index (χ1n) is 11.3. The summed E-state index contributed by atoms with van der Waals surface area (Å²) in [6, 6.07) is 21.5. The van der Waals surface area contributed by atoms with Crippen LogP contribution in [0.2, 0.25) is 10.0 Å². The normalized spacial score (nSPS) is 16.1. The third-order valence-electron chi connectivity index (χ3n) is 7.70. The maximum Gasteiger partial charge on any atom is 0.0488 e. The summed E-state index contributed by atoms with van der Waals surface area (Å²) in [4.78, 5) is 0. The van der Waals surface area contributed by atoms with Gasteiger partial charge in [0.15, 0.2) is 0 Å². The smallest absolute Gasteiger partial charge is 0.0488 e. The van der Waals surface area contributed by atoms with Crippen molar-refractivity contribution in [1.82, 2.24) is 0 Å². The van der Waals surface area contributed by atoms with Crippen LogP contribution in [0.3, 0.4) is 0 Å². The van der Waals surface area contributed by atoms with E-state index in [-0.39, 0.29) is 10.8 Å². The number of rotatable bonds is 1. The molecule has 170 valence electrons. The molecule has 0 nitrogen and oxygen atoms in total. The van der Waals surface area contributed by atoms with Gasteiger partial charge in [0, 0.05) is 40.9 Å². The summed E-state index contributed by atoms with van der Waals surface area (Å²) in [6.45, 7) is 9.21. The van der Waals surface area contributed by atoms with Crippen molar-refractivity contribution in [3.8, 4) is 33.4 Å². The molecule has 0 unspecified atom stereocenters. The summed E-state index contributed by atoms with van der Waals surface area (Å²) in [5, 5.41) is 1.59. The van der Waals surface area contributed by atoms with Gasteiger partial charge < -0.3 is 0 Å². The Balaban J connectivity index is 1.70. The lowest BCUT2D eigenvalue weighted by atomic mass is 9.74. The zero-order chi connectivity index (χ0) is 24.2. The van der Waals surface area contributed by atoms with Crippen molar-refractivity contribution in [2.24, 2.45) is 0 Å². The number of fused-ring (bicyclic) bond motifs is 6. The fraction of sp³-hybridized carbons (Fsp3) is 0.200. The number of hydrogen-bond acceptors (Lipinski definition) is 0. The van der Waals surface area contributed by atoms with Crippen molar-refractivity contribution in [3.63, 3.8) is 0 Å². The van der Waals surface area contributed by atoms with Gasteiger partial charge in [-0.2, -0.15) is 0 Å². The van der Waals surface area contributed by atoms with Crippen LogP contribution in [0.5, 0.6) is 0 Å². The topological polar surface area (TPSA) is 0 Å². The van der Waals surface area contributed by atoms with E-state index < -0.39 is 0 Å². The lowest BCUT2D eigenvalue weighted by molar-refractivity contribution is 0.654. The van der Waals surface area contributed by atoms with E-state index in [1.54, 1.807) is 0 Å². The molecule has 0 fully saturated rings. The van der Waals surface area contributed by atoms with Crippen LogP contribution in [0.15, 0.2) is 69.6 Å². The molecule has 4 heteroatoms. The highest BCUT2D eigenvalue weighted by molar-refractivity contribution is 9.10. The van der Waals surface area contributed by atoms with Crippen LogP contribution < -0.4 is 0 Å². The van der Waals surface area contributed by atoms with Crippen molar-refractivity contribution < 1.29 is 0 Å². The molecular weight excluding hydrogens is 591 g/mol. The predicted octanol–water partition coefficient (Wildman–Crippen LogP) is 10.8. The van der Waals surface area contributed by atoms with Crippen LogP contribution in [0.4, 0.5) is 0 Å². The maximum atomic E-state index is 6.87. The highest BCUT2D eigenvalue weighted by Gasteiger charge is 2.43. The molecule has 0 atom stereocenters. The first kappa shape index (κ1) is 22.9. The quantitative estimate of drug-likeness (QED) is 0.201. The molecule has 0 spiro atoms. The SMILES string of the molecule is CC1(C)c2cc(Br)ccc2-c2c(Cl)ccc(-c3ccc(Cl)c4c3C(C)(C)c3cc(Br)ccc3-4)c21. The zero-order valence-electron chi connectivity index (χ0n) is 19.3. The average Bonchev–Trinajstić information content (AvgIpc) is 3.16. The van der Waals surface area contributed by atoms with Gasteiger partial charge >= 0.3 is 0 Å². The first-order valence-corrected chi connectivity index (χ1v) is 13.6. The van der Waals surface area contributed by atoms with E-state index in [1.807, 2.05) is 0 Å². The van der Waals surface area contributed by atoms with E-state index >= 15 is 0 Å². The minimum Gasteiger partial charge on any atom is -0.0837 e. The standard InChI is InChI=1S/C30H22Br2Cl2/c1-29(2)21-13-15(31)5-7-19(21)25-23(33)11-9-17(27(25)29)18-10-12-24(34)26-20-8-6-16(32)14-22(20)30(3,4)28(18)26/h5-14H,1-4H3. The predicted molar refractivity (Wildman–Crippen MR) is 152 cm³/mol. The number of halogens is 4. The molecule has 4 aromatic carbocycles. The fourth-order valence-corrected chi connectivity index (χ4v) is 7.44. The van der Waals surface area contributed by atoms with E-state index in [4.69, 9.17) is 23.2 Å². The second-order valence-electron chi connectivity index (χ2n) is 10.3. The minimum absolute atomic E-state index is 0.195. The Bertz CT molecular complexity index is 1430. The van der Waals surface area contributed by atoms with Crippen LogP contribution in [0.25, 0.3) is 33.4 Å². The Morgan fingerprint density at radius 3 is 1.26 bits per heavy atom. The average molecular weight is 613 g/mol. The molecule has 0 aromatic heterocycles. The maximum absolute atomic E-state index is 6.87. The summed E-state index contributed by atoms with van der Waals surface area (Å²) in [6.07, 6.45) is 0. The molecule has 0 saturated heterocycles. The largest absolute Gasteiger partial charge is 0.0837 e. The lowest BCUT2D eigenvalue weighted by Gasteiger charge is -2.29. The van der Waals surface area contributed by atoms with Gasteiger partial charge in [0.05, 0.1) is 0 Å². The molecule has 4 aromatic rings. The molecule has 2 aliphatic carbocycles. The van der Waals surface area contributed by atoms with Gasteiger partial charge in [-0.3, -0.25) is 0 Å². The summed E-state index contributed by atoms with van der Waals surface area (Å²) in [7, 11) is 0. The Morgan fingerprint density at radius 1 is 0.529 bits per heavy atom. The van der Waals surface area contributed by atoms with Gasteiger partial charge in [0.1, 0.15) is 0 Å². The Hall–Kier alpha value is -1.58. The highest BCUT2D eigenvalue weighted by Crippen LogP contribution is 2.59. The van der Waals surface area contributed by atoms with Crippen molar-refractivity contribution >= 4 is 55.1 Å². The molecule has 0 heterocycles. The monoisotopic (exact) mass is 610 g/mol. The summed E-state index contributed by atoms with van der Waals surface area (Å²) in [5.74, 6) is 0. The molecule has 0 radical (unpaired) electrons. The fourth-order valence-electron chi connectivity index (χ4n) is 6.20. The second kappa shape index (κ2) is 7.46. The Labute approximate surface area is 227 Å². The first-order chi connectivity index (χ1) is 16.0. The van der Waals surface area contributed by atoms with E-state index in [1.165, 1.54) is 44.5 Å². The molecule has 34 heavy (non-hydrogen) atoms. The molecule has 0 saturated carbocycles.